The molecule has 1 aromatic carbocycles. The molecule has 0 aliphatic carbocycles. The molecule has 0 fully saturated rings. The maximum Gasteiger partial charge on any atom is 0.297 e. The normalized spacial score (nSPS) is 11.2. The minimum absolute atomic E-state index is 0.117. The highest BCUT2D eigenvalue weighted by atomic mass is 16.5. The van der Waals surface area contributed by atoms with Gasteiger partial charge in [-0.1, -0.05) is 91.4 Å². The van der Waals surface area contributed by atoms with Crippen molar-refractivity contribution in [2.45, 2.75) is 117 Å². The van der Waals surface area contributed by atoms with Gasteiger partial charge in [0, 0.05) is 18.0 Å². The number of hydrogen-bond donors (Lipinski definition) is 0. The summed E-state index contributed by atoms with van der Waals surface area (Å²) < 4.78 is 19.7. The molecule has 0 atom stereocenters. The van der Waals surface area contributed by atoms with Crippen LogP contribution in [0.15, 0.2) is 23.0 Å². The summed E-state index contributed by atoms with van der Waals surface area (Å²) in [4.78, 5) is 13.4. The Morgan fingerprint density at radius 1 is 0.686 bits per heavy atom. The number of ether oxygens (including phenoxy) is 3. The van der Waals surface area contributed by atoms with Crippen molar-refractivity contribution in [3.05, 3.63) is 28.6 Å². The van der Waals surface area contributed by atoms with Gasteiger partial charge in [0.25, 0.3) is 5.56 Å². The third-order valence-electron chi connectivity index (χ3n) is 6.60. The van der Waals surface area contributed by atoms with Gasteiger partial charge >= 0.3 is 0 Å². The van der Waals surface area contributed by atoms with Crippen molar-refractivity contribution in [3.8, 4) is 17.2 Å². The lowest BCUT2D eigenvalue weighted by molar-refractivity contribution is 0.285. The summed E-state index contributed by atoms with van der Waals surface area (Å²) >= 11 is 0. The Bertz CT molecular complexity index is 905. The topological polar surface area (TPSA) is 49.7 Å². The second kappa shape index (κ2) is 17.3. The number of pyridine rings is 1. The largest absolute Gasteiger partial charge is 0.494 e. The lowest BCUT2D eigenvalue weighted by Crippen LogP contribution is -2.23. The second-order valence-corrected chi connectivity index (χ2v) is 9.58. The van der Waals surface area contributed by atoms with E-state index in [0.29, 0.717) is 31.3 Å². The monoisotopic (exact) mass is 487 g/mol. The molecule has 35 heavy (non-hydrogen) atoms. The van der Waals surface area contributed by atoms with Crippen LogP contribution in [0.4, 0.5) is 0 Å². The first kappa shape index (κ1) is 29.1. The molecule has 0 radical (unpaired) electrons. The standard InChI is InChI=1S/C30H49NO4/c1-5-8-11-14-15-18-22-34-25-19-20-26-27(24-25)31(21-16-12-9-6-2)30(32)29(33-4)28(26)35-23-17-13-10-7-3/h19-20,24H,5-18,21-23H2,1-4H3. The van der Waals surface area contributed by atoms with Gasteiger partial charge in [0.15, 0.2) is 5.75 Å². The average Bonchev–Trinajstić information content (AvgIpc) is 2.87. The van der Waals surface area contributed by atoms with Crippen LogP contribution in [-0.2, 0) is 6.54 Å². The van der Waals surface area contributed by atoms with Crippen LogP contribution < -0.4 is 19.8 Å². The Morgan fingerprint density at radius 3 is 1.91 bits per heavy atom. The van der Waals surface area contributed by atoms with E-state index < -0.39 is 0 Å². The molecule has 0 spiro atoms. The molecular weight excluding hydrogens is 438 g/mol. The van der Waals surface area contributed by atoms with Crippen molar-refractivity contribution in [1.82, 2.24) is 4.57 Å². The SMILES string of the molecule is CCCCCCCCOc1ccc2c(OCCCCCC)c(OC)c(=O)n(CCCCCC)c2c1. The van der Waals surface area contributed by atoms with Crippen LogP contribution >= 0.6 is 0 Å². The molecule has 0 N–H and O–H groups in total. The third-order valence-corrected chi connectivity index (χ3v) is 6.60. The number of benzene rings is 1. The van der Waals surface area contributed by atoms with E-state index in [2.05, 4.69) is 20.8 Å². The van der Waals surface area contributed by atoms with E-state index in [1.165, 1.54) is 57.8 Å². The fourth-order valence-electron chi connectivity index (χ4n) is 4.49. The minimum atomic E-state index is -0.117. The van der Waals surface area contributed by atoms with E-state index in [4.69, 9.17) is 14.2 Å². The van der Waals surface area contributed by atoms with Gasteiger partial charge in [0.05, 0.1) is 25.8 Å². The maximum absolute atomic E-state index is 13.4. The van der Waals surface area contributed by atoms with Crippen molar-refractivity contribution in [3.63, 3.8) is 0 Å². The van der Waals surface area contributed by atoms with Gasteiger partial charge in [-0.25, -0.2) is 0 Å². The molecule has 0 bridgehead atoms. The third kappa shape index (κ3) is 9.42. The molecule has 0 unspecified atom stereocenters. The second-order valence-electron chi connectivity index (χ2n) is 9.58. The van der Waals surface area contributed by atoms with Crippen LogP contribution in [0.2, 0.25) is 0 Å². The first-order chi connectivity index (χ1) is 17.2. The van der Waals surface area contributed by atoms with Gasteiger partial charge in [0.1, 0.15) is 5.75 Å². The molecule has 0 saturated carbocycles. The number of aryl methyl sites for hydroxylation is 1. The van der Waals surface area contributed by atoms with Crippen LogP contribution in [0.1, 0.15) is 111 Å². The number of fused-ring (bicyclic) bond motifs is 1. The van der Waals surface area contributed by atoms with Crippen LogP contribution in [0.25, 0.3) is 10.9 Å². The van der Waals surface area contributed by atoms with E-state index in [1.807, 2.05) is 22.8 Å². The number of methoxy groups -OCH3 is 1. The molecule has 0 saturated heterocycles. The van der Waals surface area contributed by atoms with E-state index in [0.717, 1.165) is 48.8 Å². The number of unbranched alkanes of at least 4 members (excludes halogenated alkanes) is 11. The first-order valence-corrected chi connectivity index (χ1v) is 14.2. The fourth-order valence-corrected chi connectivity index (χ4v) is 4.49. The van der Waals surface area contributed by atoms with E-state index >= 15 is 0 Å². The van der Waals surface area contributed by atoms with Crippen molar-refractivity contribution < 1.29 is 14.2 Å². The molecule has 198 valence electrons. The van der Waals surface area contributed by atoms with Crippen molar-refractivity contribution in [2.75, 3.05) is 20.3 Å². The Hall–Kier alpha value is -2.17. The Morgan fingerprint density at radius 2 is 1.26 bits per heavy atom. The van der Waals surface area contributed by atoms with E-state index in [1.54, 1.807) is 7.11 Å². The molecule has 0 aliphatic heterocycles. The number of rotatable bonds is 20. The predicted molar refractivity (Wildman–Crippen MR) is 147 cm³/mol. The molecule has 1 aromatic heterocycles. The molecule has 5 heteroatoms. The van der Waals surface area contributed by atoms with Crippen molar-refractivity contribution in [1.29, 1.82) is 0 Å². The highest BCUT2D eigenvalue weighted by molar-refractivity contribution is 5.89. The van der Waals surface area contributed by atoms with Crippen molar-refractivity contribution in [2.24, 2.45) is 0 Å². The van der Waals surface area contributed by atoms with E-state index in [9.17, 15) is 4.79 Å². The Labute approximate surface area is 213 Å². The summed E-state index contributed by atoms with van der Waals surface area (Å²) in [5.74, 6) is 1.69. The van der Waals surface area contributed by atoms with Crippen LogP contribution in [0.5, 0.6) is 17.2 Å². The number of aromatic nitrogens is 1. The lowest BCUT2D eigenvalue weighted by Gasteiger charge is -2.18. The summed E-state index contributed by atoms with van der Waals surface area (Å²) in [5, 5.41) is 0.916. The first-order valence-electron chi connectivity index (χ1n) is 14.2. The van der Waals surface area contributed by atoms with E-state index in [-0.39, 0.29) is 5.56 Å². The van der Waals surface area contributed by atoms with Gasteiger partial charge in [-0.3, -0.25) is 4.79 Å². The van der Waals surface area contributed by atoms with Gasteiger partial charge in [0.2, 0.25) is 5.75 Å². The predicted octanol–water partition coefficient (Wildman–Crippen LogP) is 8.29. The zero-order valence-electron chi connectivity index (χ0n) is 22.8. The average molecular weight is 488 g/mol. The molecule has 1 heterocycles. The highest BCUT2D eigenvalue weighted by Gasteiger charge is 2.19. The van der Waals surface area contributed by atoms with Gasteiger partial charge in [-0.05, 0) is 31.4 Å². The summed E-state index contributed by atoms with van der Waals surface area (Å²) in [5.41, 5.74) is 0.754. The molecule has 5 nitrogen and oxygen atoms in total. The van der Waals surface area contributed by atoms with Crippen LogP contribution in [0.3, 0.4) is 0 Å². The van der Waals surface area contributed by atoms with Gasteiger partial charge in [-0.15, -0.1) is 0 Å². The summed E-state index contributed by atoms with van der Waals surface area (Å²) in [6.07, 6.45) is 16.3. The van der Waals surface area contributed by atoms with Crippen LogP contribution in [0, 0.1) is 0 Å². The quantitative estimate of drug-likeness (QED) is 0.176. The fraction of sp³-hybridized carbons (Fsp3) is 0.700. The molecule has 2 rings (SSSR count). The zero-order chi connectivity index (χ0) is 25.3. The lowest BCUT2D eigenvalue weighted by atomic mass is 10.1. The molecule has 2 aromatic rings. The minimum Gasteiger partial charge on any atom is -0.494 e. The van der Waals surface area contributed by atoms with Crippen molar-refractivity contribution >= 4 is 10.9 Å². The summed E-state index contributed by atoms with van der Waals surface area (Å²) in [7, 11) is 1.56. The molecule has 0 aliphatic rings. The highest BCUT2D eigenvalue weighted by Crippen LogP contribution is 2.35. The maximum atomic E-state index is 13.4. The smallest absolute Gasteiger partial charge is 0.297 e. The number of nitrogens with zero attached hydrogens (tertiary/aromatic N) is 1. The molecular formula is C30H49NO4. The zero-order valence-corrected chi connectivity index (χ0v) is 22.8. The Balaban J connectivity index is 2.25. The summed E-state index contributed by atoms with van der Waals surface area (Å²) in [6, 6.07) is 6.03. The molecule has 0 amide bonds. The summed E-state index contributed by atoms with van der Waals surface area (Å²) in [6.45, 7) is 8.60. The number of hydrogen-bond acceptors (Lipinski definition) is 4. The Kier molecular flexibility index (Phi) is 14.4. The van der Waals surface area contributed by atoms with Gasteiger partial charge < -0.3 is 18.8 Å². The van der Waals surface area contributed by atoms with Gasteiger partial charge in [-0.2, -0.15) is 0 Å². The van der Waals surface area contributed by atoms with Crippen LogP contribution in [-0.4, -0.2) is 24.9 Å².